The average Bonchev–Trinajstić information content (AvgIpc) is 3.12. The smallest absolute Gasteiger partial charge is 0.328 e. The van der Waals surface area contributed by atoms with Crippen LogP contribution in [0.2, 0.25) is 0 Å². The molecule has 24 heavy (non-hydrogen) atoms. The summed E-state index contributed by atoms with van der Waals surface area (Å²) in [5.41, 5.74) is 7.71. The number of amides is 1. The number of nitrogens with two attached hydrogens (primary N) is 1. The lowest BCUT2D eigenvalue weighted by molar-refractivity contribution is -0.144. The van der Waals surface area contributed by atoms with Crippen molar-refractivity contribution < 1.29 is 14.3 Å². The van der Waals surface area contributed by atoms with Gasteiger partial charge in [-0.05, 0) is 35.6 Å². The van der Waals surface area contributed by atoms with Crippen LogP contribution in [0.15, 0.2) is 35.7 Å². The molecule has 2 atom stereocenters. The number of anilines is 1. The van der Waals surface area contributed by atoms with Gasteiger partial charge in [0.25, 0.3) is 5.91 Å². The lowest BCUT2D eigenvalue weighted by Crippen LogP contribution is -2.45. The molecule has 0 aliphatic heterocycles. The number of benzene rings is 1. The fourth-order valence-electron chi connectivity index (χ4n) is 2.41. The van der Waals surface area contributed by atoms with Gasteiger partial charge in [-0.3, -0.25) is 4.79 Å². The highest BCUT2D eigenvalue weighted by molar-refractivity contribution is 7.13. The number of hydrogen-bond acceptors (Lipinski definition) is 5. The first kappa shape index (κ1) is 18.0. The minimum atomic E-state index is -0.679. The van der Waals surface area contributed by atoms with Crippen molar-refractivity contribution in [3.8, 4) is 10.4 Å². The number of nitrogens with one attached hydrogen (secondary N) is 1. The number of thiophene rings is 1. The van der Waals surface area contributed by atoms with Gasteiger partial charge in [0.1, 0.15) is 6.04 Å². The van der Waals surface area contributed by atoms with Crippen LogP contribution in [0.1, 0.15) is 30.6 Å². The summed E-state index contributed by atoms with van der Waals surface area (Å²) >= 11 is 1.53. The van der Waals surface area contributed by atoms with Gasteiger partial charge in [0, 0.05) is 21.7 Å². The Morgan fingerprint density at radius 3 is 2.67 bits per heavy atom. The zero-order valence-electron chi connectivity index (χ0n) is 14.0. The van der Waals surface area contributed by atoms with Gasteiger partial charge in [-0.25, -0.2) is 4.79 Å². The van der Waals surface area contributed by atoms with Crippen LogP contribution in [-0.2, 0) is 9.53 Å². The number of nitrogen functional groups attached to an aromatic ring is 1. The Balaban J connectivity index is 2.34. The van der Waals surface area contributed by atoms with Crippen molar-refractivity contribution in [1.29, 1.82) is 0 Å². The Morgan fingerprint density at radius 2 is 2.08 bits per heavy atom. The molecule has 0 saturated heterocycles. The molecular weight excluding hydrogens is 324 g/mol. The SMILES string of the molecule is CCC(C)C(NC(=O)c1ccc(N)cc1-c1cccs1)C(=O)OC. The Labute approximate surface area is 145 Å². The number of carbonyl (C=O) groups excluding carboxylic acids is 2. The van der Waals surface area contributed by atoms with E-state index < -0.39 is 12.0 Å². The fourth-order valence-corrected chi connectivity index (χ4v) is 3.17. The lowest BCUT2D eigenvalue weighted by atomic mass is 9.98. The standard InChI is InChI=1S/C18H22N2O3S/c1-4-11(2)16(18(22)23-3)20-17(21)13-8-7-12(19)10-14(13)15-6-5-9-24-15/h5-11,16H,4,19H2,1-3H3,(H,20,21). The minimum absolute atomic E-state index is 0.0274. The van der Waals surface area contributed by atoms with E-state index in [1.807, 2.05) is 31.4 Å². The topological polar surface area (TPSA) is 81.4 Å². The van der Waals surface area contributed by atoms with E-state index in [0.717, 1.165) is 16.9 Å². The van der Waals surface area contributed by atoms with Gasteiger partial charge in [0.15, 0.2) is 0 Å². The summed E-state index contributed by atoms with van der Waals surface area (Å²) in [6, 6.07) is 8.31. The third-order valence-electron chi connectivity index (χ3n) is 4.03. The Morgan fingerprint density at radius 1 is 1.33 bits per heavy atom. The van der Waals surface area contributed by atoms with Crippen LogP contribution in [0.3, 0.4) is 0 Å². The van der Waals surface area contributed by atoms with Crippen molar-refractivity contribution in [2.24, 2.45) is 5.92 Å². The predicted octanol–water partition coefficient (Wildman–Crippen LogP) is 3.31. The molecule has 2 aromatic rings. The van der Waals surface area contributed by atoms with E-state index in [1.54, 1.807) is 18.2 Å². The maximum absolute atomic E-state index is 12.8. The first-order valence-corrected chi connectivity index (χ1v) is 8.68. The number of rotatable bonds is 6. The Kier molecular flexibility index (Phi) is 5.98. The summed E-state index contributed by atoms with van der Waals surface area (Å²) in [6.07, 6.45) is 0.750. The van der Waals surface area contributed by atoms with E-state index in [9.17, 15) is 9.59 Å². The Bertz CT molecular complexity index is 713. The molecule has 2 rings (SSSR count). The van der Waals surface area contributed by atoms with Crippen molar-refractivity contribution in [3.63, 3.8) is 0 Å². The van der Waals surface area contributed by atoms with Gasteiger partial charge in [0.05, 0.1) is 7.11 Å². The van der Waals surface area contributed by atoms with Crippen molar-refractivity contribution in [2.75, 3.05) is 12.8 Å². The molecule has 128 valence electrons. The molecule has 0 spiro atoms. The molecule has 0 bridgehead atoms. The first-order valence-electron chi connectivity index (χ1n) is 7.80. The second-order valence-electron chi connectivity index (χ2n) is 5.64. The van der Waals surface area contributed by atoms with Crippen LogP contribution in [0, 0.1) is 5.92 Å². The van der Waals surface area contributed by atoms with Crippen LogP contribution in [0.25, 0.3) is 10.4 Å². The van der Waals surface area contributed by atoms with Gasteiger partial charge in [-0.15, -0.1) is 11.3 Å². The molecule has 0 fully saturated rings. The molecule has 1 aromatic heterocycles. The summed E-state index contributed by atoms with van der Waals surface area (Å²) in [5, 5.41) is 4.75. The summed E-state index contributed by atoms with van der Waals surface area (Å²) < 4.78 is 4.82. The van der Waals surface area contributed by atoms with Crippen molar-refractivity contribution in [1.82, 2.24) is 5.32 Å². The summed E-state index contributed by atoms with van der Waals surface area (Å²) in [5.74, 6) is -0.778. The maximum Gasteiger partial charge on any atom is 0.328 e. The zero-order valence-corrected chi connectivity index (χ0v) is 14.9. The van der Waals surface area contributed by atoms with Crippen molar-refractivity contribution in [2.45, 2.75) is 26.3 Å². The molecule has 1 aromatic carbocycles. The zero-order chi connectivity index (χ0) is 17.7. The first-order chi connectivity index (χ1) is 11.5. The van der Waals surface area contributed by atoms with E-state index in [0.29, 0.717) is 11.3 Å². The van der Waals surface area contributed by atoms with Gasteiger partial charge < -0.3 is 15.8 Å². The van der Waals surface area contributed by atoms with Gasteiger partial charge in [0.2, 0.25) is 0 Å². The van der Waals surface area contributed by atoms with Crippen LogP contribution >= 0.6 is 11.3 Å². The van der Waals surface area contributed by atoms with Crippen molar-refractivity contribution in [3.05, 3.63) is 41.3 Å². The lowest BCUT2D eigenvalue weighted by Gasteiger charge is -2.22. The van der Waals surface area contributed by atoms with Gasteiger partial charge in [-0.1, -0.05) is 26.3 Å². The van der Waals surface area contributed by atoms with Gasteiger partial charge >= 0.3 is 5.97 Å². The van der Waals surface area contributed by atoms with E-state index in [2.05, 4.69) is 5.32 Å². The second kappa shape index (κ2) is 7.97. The molecule has 3 N–H and O–H groups in total. The second-order valence-corrected chi connectivity index (χ2v) is 6.59. The molecule has 0 aliphatic rings. The third-order valence-corrected chi connectivity index (χ3v) is 4.93. The molecule has 6 heteroatoms. The van der Waals surface area contributed by atoms with Crippen LogP contribution in [0.5, 0.6) is 0 Å². The molecule has 0 saturated carbocycles. The number of methoxy groups -OCH3 is 1. The minimum Gasteiger partial charge on any atom is -0.467 e. The average molecular weight is 346 g/mol. The fraction of sp³-hybridized carbons (Fsp3) is 0.333. The molecule has 0 aliphatic carbocycles. The highest BCUT2D eigenvalue weighted by Crippen LogP contribution is 2.30. The van der Waals surface area contributed by atoms with Crippen LogP contribution < -0.4 is 11.1 Å². The van der Waals surface area contributed by atoms with Crippen molar-refractivity contribution >= 4 is 28.9 Å². The molecule has 0 radical (unpaired) electrons. The molecular formula is C18H22N2O3S. The summed E-state index contributed by atoms with van der Waals surface area (Å²) in [7, 11) is 1.32. The largest absolute Gasteiger partial charge is 0.467 e. The van der Waals surface area contributed by atoms with Crippen LogP contribution in [0.4, 0.5) is 5.69 Å². The maximum atomic E-state index is 12.8. The van der Waals surface area contributed by atoms with E-state index in [4.69, 9.17) is 10.5 Å². The van der Waals surface area contributed by atoms with E-state index in [-0.39, 0.29) is 11.8 Å². The van der Waals surface area contributed by atoms with Crippen LogP contribution in [-0.4, -0.2) is 25.0 Å². The quantitative estimate of drug-likeness (QED) is 0.621. The summed E-state index contributed by atoms with van der Waals surface area (Å²) in [6.45, 7) is 3.87. The van der Waals surface area contributed by atoms with E-state index in [1.165, 1.54) is 18.4 Å². The number of hydrogen-bond donors (Lipinski definition) is 2. The molecule has 1 heterocycles. The number of esters is 1. The monoisotopic (exact) mass is 346 g/mol. The molecule has 1 amide bonds. The normalized spacial score (nSPS) is 13.1. The third kappa shape index (κ3) is 3.94. The number of carbonyl (C=O) groups is 2. The highest BCUT2D eigenvalue weighted by atomic mass is 32.1. The number of ether oxygens (including phenoxy) is 1. The summed E-state index contributed by atoms with van der Waals surface area (Å²) in [4.78, 5) is 25.7. The van der Waals surface area contributed by atoms with Gasteiger partial charge in [-0.2, -0.15) is 0 Å². The molecule has 5 nitrogen and oxygen atoms in total. The predicted molar refractivity (Wildman–Crippen MR) is 96.9 cm³/mol. The highest BCUT2D eigenvalue weighted by Gasteiger charge is 2.28. The molecule has 2 unspecified atom stereocenters. The Hall–Kier alpha value is -2.34. The van der Waals surface area contributed by atoms with E-state index >= 15 is 0 Å².